The highest BCUT2D eigenvalue weighted by Crippen LogP contribution is 2.37. The molecule has 0 unspecified atom stereocenters. The standard InChI is InChI=1S/C17H23N3O2/c21-17(14-3-1-4-14)16-9-15-11-19(6-2-7-20(15)18-16)10-13-5-8-22-12-13/h5,8-9,12,14,17,21H,1-4,6-7,10-11H2/t17-/m1/s1. The van der Waals surface area contributed by atoms with E-state index in [2.05, 4.69) is 20.7 Å². The minimum absolute atomic E-state index is 0.379. The van der Waals surface area contributed by atoms with Crippen LogP contribution in [0.5, 0.6) is 0 Å². The molecule has 1 aliphatic carbocycles. The van der Waals surface area contributed by atoms with Crippen molar-refractivity contribution in [3.05, 3.63) is 41.6 Å². The highest BCUT2D eigenvalue weighted by Gasteiger charge is 2.29. The second-order valence-electron chi connectivity index (χ2n) is 6.62. The summed E-state index contributed by atoms with van der Waals surface area (Å²) < 4.78 is 7.25. The number of fused-ring (bicyclic) bond motifs is 1. The summed E-state index contributed by atoms with van der Waals surface area (Å²) in [6.07, 6.45) is 7.76. The zero-order valence-electron chi connectivity index (χ0n) is 12.8. The van der Waals surface area contributed by atoms with E-state index in [1.165, 1.54) is 17.7 Å². The number of aromatic nitrogens is 2. The Labute approximate surface area is 130 Å². The molecule has 0 spiro atoms. The summed E-state index contributed by atoms with van der Waals surface area (Å²) in [4.78, 5) is 2.42. The second kappa shape index (κ2) is 5.89. The van der Waals surface area contributed by atoms with Crippen molar-refractivity contribution in [2.75, 3.05) is 6.54 Å². The van der Waals surface area contributed by atoms with E-state index in [0.717, 1.165) is 51.1 Å². The zero-order chi connectivity index (χ0) is 14.9. The predicted octanol–water partition coefficient (Wildman–Crippen LogP) is 2.72. The lowest BCUT2D eigenvalue weighted by Gasteiger charge is -2.29. The van der Waals surface area contributed by atoms with Crippen LogP contribution in [0.15, 0.2) is 29.1 Å². The summed E-state index contributed by atoms with van der Waals surface area (Å²) >= 11 is 0. The molecule has 2 aromatic rings. The van der Waals surface area contributed by atoms with Crippen molar-refractivity contribution in [3.63, 3.8) is 0 Å². The van der Waals surface area contributed by atoms with Crippen LogP contribution < -0.4 is 0 Å². The highest BCUT2D eigenvalue weighted by molar-refractivity contribution is 5.15. The van der Waals surface area contributed by atoms with Crippen molar-refractivity contribution in [1.82, 2.24) is 14.7 Å². The van der Waals surface area contributed by atoms with Gasteiger partial charge in [-0.1, -0.05) is 6.42 Å². The molecule has 118 valence electrons. The van der Waals surface area contributed by atoms with E-state index in [0.29, 0.717) is 5.92 Å². The van der Waals surface area contributed by atoms with Crippen LogP contribution in [0.2, 0.25) is 0 Å². The van der Waals surface area contributed by atoms with Crippen molar-refractivity contribution < 1.29 is 9.52 Å². The molecule has 1 aliphatic heterocycles. The van der Waals surface area contributed by atoms with Gasteiger partial charge in [-0.2, -0.15) is 5.10 Å². The molecule has 22 heavy (non-hydrogen) atoms. The van der Waals surface area contributed by atoms with Crippen LogP contribution in [0.3, 0.4) is 0 Å². The smallest absolute Gasteiger partial charge is 0.101 e. The van der Waals surface area contributed by atoms with Gasteiger partial charge >= 0.3 is 0 Å². The summed E-state index contributed by atoms with van der Waals surface area (Å²) in [6, 6.07) is 4.13. The van der Waals surface area contributed by atoms with Gasteiger partial charge in [0.15, 0.2) is 0 Å². The van der Waals surface area contributed by atoms with E-state index >= 15 is 0 Å². The second-order valence-corrected chi connectivity index (χ2v) is 6.62. The Morgan fingerprint density at radius 1 is 1.32 bits per heavy atom. The number of hydrogen-bond donors (Lipinski definition) is 1. The highest BCUT2D eigenvalue weighted by atomic mass is 16.3. The van der Waals surface area contributed by atoms with Gasteiger partial charge in [-0.15, -0.1) is 0 Å². The molecule has 5 nitrogen and oxygen atoms in total. The van der Waals surface area contributed by atoms with Crippen molar-refractivity contribution in [2.24, 2.45) is 5.92 Å². The molecule has 0 radical (unpaired) electrons. The van der Waals surface area contributed by atoms with Gasteiger partial charge in [-0.25, -0.2) is 0 Å². The Morgan fingerprint density at radius 2 is 2.23 bits per heavy atom. The van der Waals surface area contributed by atoms with E-state index in [1.807, 2.05) is 12.3 Å². The average molecular weight is 301 g/mol. The molecule has 3 heterocycles. The number of aliphatic hydroxyl groups excluding tert-OH is 1. The molecule has 4 rings (SSSR count). The average Bonchev–Trinajstić information content (AvgIpc) is 3.04. The van der Waals surface area contributed by atoms with Gasteiger partial charge in [0, 0.05) is 31.7 Å². The van der Waals surface area contributed by atoms with Gasteiger partial charge in [-0.05, 0) is 37.3 Å². The number of hydrogen-bond acceptors (Lipinski definition) is 4. The molecular weight excluding hydrogens is 278 g/mol. The van der Waals surface area contributed by atoms with Crippen LogP contribution in [0, 0.1) is 5.92 Å². The summed E-state index contributed by atoms with van der Waals surface area (Å²) in [5, 5.41) is 15.1. The number of furan rings is 1. The number of aliphatic hydroxyl groups is 1. The lowest BCUT2D eigenvalue weighted by Crippen LogP contribution is -2.22. The third kappa shape index (κ3) is 2.71. The third-order valence-corrected chi connectivity index (χ3v) is 5.00. The molecular formula is C17H23N3O2. The first kappa shape index (κ1) is 14.0. The first-order valence-electron chi connectivity index (χ1n) is 8.28. The topological polar surface area (TPSA) is 54.4 Å². The van der Waals surface area contributed by atoms with Crippen LogP contribution in [-0.4, -0.2) is 26.3 Å². The third-order valence-electron chi connectivity index (χ3n) is 5.00. The first-order valence-corrected chi connectivity index (χ1v) is 8.28. The summed E-state index contributed by atoms with van der Waals surface area (Å²) in [7, 11) is 0. The van der Waals surface area contributed by atoms with Crippen LogP contribution in [0.25, 0.3) is 0 Å². The van der Waals surface area contributed by atoms with E-state index in [4.69, 9.17) is 4.42 Å². The number of nitrogens with zero attached hydrogens (tertiary/aromatic N) is 3. The zero-order valence-corrected chi connectivity index (χ0v) is 12.8. The fourth-order valence-corrected chi connectivity index (χ4v) is 3.47. The largest absolute Gasteiger partial charge is 0.472 e. The minimum Gasteiger partial charge on any atom is -0.472 e. The van der Waals surface area contributed by atoms with Crippen LogP contribution in [-0.2, 0) is 19.6 Å². The Balaban J connectivity index is 1.49. The van der Waals surface area contributed by atoms with Gasteiger partial charge in [0.2, 0.25) is 0 Å². The normalized spacial score (nSPS) is 21.1. The van der Waals surface area contributed by atoms with Gasteiger partial charge in [0.25, 0.3) is 0 Å². The van der Waals surface area contributed by atoms with E-state index in [9.17, 15) is 5.11 Å². The maximum atomic E-state index is 10.4. The fraction of sp³-hybridized carbons (Fsp3) is 0.588. The molecule has 2 aliphatic rings. The summed E-state index contributed by atoms with van der Waals surface area (Å²) in [6.45, 7) is 3.79. The lowest BCUT2D eigenvalue weighted by molar-refractivity contribution is 0.0581. The monoisotopic (exact) mass is 301 g/mol. The van der Waals surface area contributed by atoms with Gasteiger partial charge < -0.3 is 9.52 Å². The van der Waals surface area contributed by atoms with Crippen molar-refractivity contribution in [3.8, 4) is 0 Å². The minimum atomic E-state index is -0.379. The molecule has 0 amide bonds. The number of rotatable bonds is 4. The van der Waals surface area contributed by atoms with E-state index in [-0.39, 0.29) is 6.10 Å². The predicted molar refractivity (Wildman–Crippen MR) is 82.0 cm³/mol. The maximum Gasteiger partial charge on any atom is 0.101 e. The Bertz CT molecular complexity index is 616. The van der Waals surface area contributed by atoms with Crippen LogP contribution in [0.1, 0.15) is 48.7 Å². The van der Waals surface area contributed by atoms with Gasteiger partial charge in [0.1, 0.15) is 6.10 Å². The molecule has 1 saturated carbocycles. The van der Waals surface area contributed by atoms with Gasteiger partial charge in [0.05, 0.1) is 23.9 Å². The van der Waals surface area contributed by atoms with Crippen molar-refractivity contribution in [1.29, 1.82) is 0 Å². The first-order chi connectivity index (χ1) is 10.8. The fourth-order valence-electron chi connectivity index (χ4n) is 3.47. The molecule has 2 aromatic heterocycles. The molecule has 1 N–H and O–H groups in total. The molecule has 0 saturated heterocycles. The molecule has 1 atom stereocenters. The Kier molecular flexibility index (Phi) is 3.76. The van der Waals surface area contributed by atoms with E-state index in [1.54, 1.807) is 6.26 Å². The number of aryl methyl sites for hydroxylation is 1. The molecule has 0 bridgehead atoms. The molecule has 0 aromatic carbocycles. The molecule has 5 heteroatoms. The van der Waals surface area contributed by atoms with E-state index < -0.39 is 0 Å². The quantitative estimate of drug-likeness (QED) is 0.943. The SMILES string of the molecule is O[C@@H](c1cc2n(n1)CCCN(Cc1ccoc1)C2)C1CCC1. The van der Waals surface area contributed by atoms with Crippen LogP contribution >= 0.6 is 0 Å². The van der Waals surface area contributed by atoms with Gasteiger partial charge in [-0.3, -0.25) is 9.58 Å². The maximum absolute atomic E-state index is 10.4. The lowest BCUT2D eigenvalue weighted by atomic mass is 9.80. The Hall–Kier alpha value is -1.59. The van der Waals surface area contributed by atoms with Crippen molar-refractivity contribution >= 4 is 0 Å². The van der Waals surface area contributed by atoms with Crippen LogP contribution in [0.4, 0.5) is 0 Å². The summed E-state index contributed by atoms with van der Waals surface area (Å²) in [5.74, 6) is 0.418. The molecule has 1 fully saturated rings. The Morgan fingerprint density at radius 3 is 2.95 bits per heavy atom. The van der Waals surface area contributed by atoms with Crippen molar-refractivity contribution in [2.45, 2.75) is 51.4 Å². The summed E-state index contributed by atoms with van der Waals surface area (Å²) in [5.41, 5.74) is 3.29.